The van der Waals surface area contributed by atoms with Crippen LogP contribution in [0.25, 0.3) is 0 Å². The number of rotatable bonds is 5. The second-order valence-corrected chi connectivity index (χ2v) is 9.98. The van der Waals surface area contributed by atoms with Crippen LogP contribution >= 0.6 is 0 Å². The van der Waals surface area contributed by atoms with Gasteiger partial charge in [-0.2, -0.15) is 0 Å². The molecule has 1 aliphatic rings. The summed E-state index contributed by atoms with van der Waals surface area (Å²) in [5.41, 5.74) is 3.89. The van der Waals surface area contributed by atoms with E-state index in [9.17, 15) is 13.2 Å². The van der Waals surface area contributed by atoms with Gasteiger partial charge in [-0.1, -0.05) is 55.8 Å². The van der Waals surface area contributed by atoms with Crippen LogP contribution < -0.4 is 0 Å². The minimum Gasteiger partial charge on any atom is -0.330 e. The Bertz CT molecular complexity index is 917. The van der Waals surface area contributed by atoms with Gasteiger partial charge in [0, 0.05) is 18.2 Å². The van der Waals surface area contributed by atoms with Gasteiger partial charge in [0.25, 0.3) is 5.91 Å². The van der Waals surface area contributed by atoms with Gasteiger partial charge in [-0.15, -0.1) is 0 Å². The molecule has 27 heavy (non-hydrogen) atoms. The van der Waals surface area contributed by atoms with Gasteiger partial charge in [-0.25, -0.2) is 8.42 Å². The third-order valence-electron chi connectivity index (χ3n) is 5.17. The van der Waals surface area contributed by atoms with Gasteiger partial charge < -0.3 is 4.90 Å². The van der Waals surface area contributed by atoms with Crippen molar-refractivity contribution in [3.8, 4) is 0 Å². The molecule has 1 fully saturated rings. The number of carbonyl (C=O) groups excluding carboxylic acids is 1. The molecule has 0 unspecified atom stereocenters. The van der Waals surface area contributed by atoms with Crippen LogP contribution in [-0.4, -0.2) is 36.8 Å². The standard InChI is InChI=1S/C22H27NO3S/c1-16(2)19-9-7-18(8-10-19)14-23(21-11-12-27(25,26)15-21)22(24)20-6-4-5-17(3)13-20/h4-10,13,16,21H,11-12,14-15H2,1-3H3/t21-/m1/s1. The summed E-state index contributed by atoms with van der Waals surface area (Å²) in [6.45, 7) is 6.66. The molecule has 1 saturated heterocycles. The normalized spacial score (nSPS) is 18.6. The van der Waals surface area contributed by atoms with Crippen molar-refractivity contribution in [1.29, 1.82) is 0 Å². The fourth-order valence-corrected chi connectivity index (χ4v) is 5.27. The third kappa shape index (κ3) is 4.78. The van der Waals surface area contributed by atoms with E-state index in [1.54, 1.807) is 11.0 Å². The molecule has 0 radical (unpaired) electrons. The van der Waals surface area contributed by atoms with Crippen molar-refractivity contribution in [3.63, 3.8) is 0 Å². The molecule has 1 heterocycles. The Kier molecular flexibility index (Phi) is 5.70. The van der Waals surface area contributed by atoms with E-state index >= 15 is 0 Å². The summed E-state index contributed by atoms with van der Waals surface area (Å²) in [6.07, 6.45) is 0.504. The number of hydrogen-bond donors (Lipinski definition) is 0. The molecule has 1 aliphatic heterocycles. The highest BCUT2D eigenvalue weighted by Crippen LogP contribution is 2.23. The maximum Gasteiger partial charge on any atom is 0.254 e. The van der Waals surface area contributed by atoms with Crippen LogP contribution in [0.4, 0.5) is 0 Å². The maximum absolute atomic E-state index is 13.2. The molecular weight excluding hydrogens is 358 g/mol. The molecule has 1 amide bonds. The summed E-state index contributed by atoms with van der Waals surface area (Å²) < 4.78 is 24.0. The first-order chi connectivity index (χ1) is 12.7. The molecule has 144 valence electrons. The fourth-order valence-electron chi connectivity index (χ4n) is 3.54. The molecule has 0 spiro atoms. The molecule has 5 heteroatoms. The average molecular weight is 386 g/mol. The van der Waals surface area contributed by atoms with Crippen molar-refractivity contribution in [2.24, 2.45) is 0 Å². The quantitative estimate of drug-likeness (QED) is 0.783. The lowest BCUT2D eigenvalue weighted by Crippen LogP contribution is -2.40. The first kappa shape index (κ1) is 19.6. The first-order valence-electron chi connectivity index (χ1n) is 9.42. The largest absolute Gasteiger partial charge is 0.330 e. The van der Waals surface area contributed by atoms with E-state index < -0.39 is 9.84 Å². The maximum atomic E-state index is 13.2. The number of amides is 1. The van der Waals surface area contributed by atoms with E-state index in [-0.39, 0.29) is 23.5 Å². The number of sulfone groups is 1. The fraction of sp³-hybridized carbons (Fsp3) is 0.409. The van der Waals surface area contributed by atoms with Gasteiger partial charge in [0.15, 0.2) is 9.84 Å². The van der Waals surface area contributed by atoms with Crippen LogP contribution in [-0.2, 0) is 16.4 Å². The molecule has 0 aromatic heterocycles. The molecule has 3 rings (SSSR count). The van der Waals surface area contributed by atoms with Crippen LogP contribution in [0.3, 0.4) is 0 Å². The zero-order valence-corrected chi connectivity index (χ0v) is 17.0. The lowest BCUT2D eigenvalue weighted by atomic mass is 10.0. The third-order valence-corrected chi connectivity index (χ3v) is 6.92. The van der Waals surface area contributed by atoms with Gasteiger partial charge in [0.1, 0.15) is 0 Å². The van der Waals surface area contributed by atoms with Crippen LogP contribution in [0, 0.1) is 6.92 Å². The van der Waals surface area contributed by atoms with Crippen LogP contribution in [0.2, 0.25) is 0 Å². The van der Waals surface area contributed by atoms with Crippen LogP contribution in [0.1, 0.15) is 53.2 Å². The SMILES string of the molecule is Cc1cccc(C(=O)N(Cc2ccc(C(C)C)cc2)[C@@H]2CCS(=O)(=O)C2)c1. The number of aryl methyl sites for hydroxylation is 1. The Balaban J connectivity index is 1.89. The summed E-state index contributed by atoms with van der Waals surface area (Å²) >= 11 is 0. The molecule has 2 aromatic rings. The summed E-state index contributed by atoms with van der Waals surface area (Å²) in [6, 6.07) is 15.4. The lowest BCUT2D eigenvalue weighted by Gasteiger charge is -2.29. The second kappa shape index (κ2) is 7.85. The van der Waals surface area contributed by atoms with Crippen molar-refractivity contribution in [2.45, 2.75) is 45.7 Å². The number of carbonyl (C=O) groups is 1. The highest BCUT2D eigenvalue weighted by atomic mass is 32.2. The summed E-state index contributed by atoms with van der Waals surface area (Å²) in [7, 11) is -3.07. The van der Waals surface area contributed by atoms with Crippen LogP contribution in [0.15, 0.2) is 48.5 Å². The van der Waals surface area contributed by atoms with Gasteiger partial charge in [0.05, 0.1) is 11.5 Å². The Labute approximate surface area is 162 Å². The van der Waals surface area contributed by atoms with Crippen LogP contribution in [0.5, 0.6) is 0 Å². The monoisotopic (exact) mass is 385 g/mol. The van der Waals surface area contributed by atoms with Gasteiger partial charge >= 0.3 is 0 Å². The van der Waals surface area contributed by atoms with E-state index in [4.69, 9.17) is 0 Å². The number of benzene rings is 2. The molecule has 4 nitrogen and oxygen atoms in total. The van der Waals surface area contributed by atoms with Crippen molar-refractivity contribution >= 4 is 15.7 Å². The first-order valence-corrected chi connectivity index (χ1v) is 11.2. The Morgan fingerprint density at radius 3 is 2.41 bits per heavy atom. The Hall–Kier alpha value is -2.14. The van der Waals surface area contributed by atoms with E-state index in [1.807, 2.05) is 37.3 Å². The smallest absolute Gasteiger partial charge is 0.254 e. The van der Waals surface area contributed by atoms with Crippen molar-refractivity contribution < 1.29 is 13.2 Å². The minimum atomic E-state index is -3.07. The molecule has 0 bridgehead atoms. The van der Waals surface area contributed by atoms with E-state index in [0.29, 0.717) is 24.4 Å². The van der Waals surface area contributed by atoms with Crippen molar-refractivity contribution in [1.82, 2.24) is 4.90 Å². The number of nitrogens with zero attached hydrogens (tertiary/aromatic N) is 1. The van der Waals surface area contributed by atoms with E-state index in [0.717, 1.165) is 11.1 Å². The van der Waals surface area contributed by atoms with Gasteiger partial charge in [0.2, 0.25) is 0 Å². The second-order valence-electron chi connectivity index (χ2n) is 7.76. The topological polar surface area (TPSA) is 54.5 Å². The number of hydrogen-bond acceptors (Lipinski definition) is 3. The minimum absolute atomic E-state index is 0.0502. The molecular formula is C22H27NO3S. The molecule has 0 N–H and O–H groups in total. The lowest BCUT2D eigenvalue weighted by molar-refractivity contribution is 0.0681. The average Bonchev–Trinajstić information content (AvgIpc) is 2.99. The highest BCUT2D eigenvalue weighted by Gasteiger charge is 2.35. The summed E-state index contributed by atoms with van der Waals surface area (Å²) in [5, 5.41) is 0. The van der Waals surface area contributed by atoms with E-state index in [1.165, 1.54) is 5.56 Å². The molecule has 1 atom stereocenters. The zero-order valence-electron chi connectivity index (χ0n) is 16.2. The van der Waals surface area contributed by atoms with Crippen molar-refractivity contribution in [3.05, 3.63) is 70.8 Å². The summed E-state index contributed by atoms with van der Waals surface area (Å²) in [5.74, 6) is 0.550. The molecule has 0 saturated carbocycles. The van der Waals surface area contributed by atoms with Crippen molar-refractivity contribution in [2.75, 3.05) is 11.5 Å². The Morgan fingerprint density at radius 2 is 1.85 bits per heavy atom. The predicted octanol–water partition coefficient (Wildman–Crippen LogP) is 3.95. The highest BCUT2D eigenvalue weighted by molar-refractivity contribution is 7.91. The summed E-state index contributed by atoms with van der Waals surface area (Å²) in [4.78, 5) is 14.9. The molecule has 2 aromatic carbocycles. The zero-order chi connectivity index (χ0) is 19.6. The van der Waals surface area contributed by atoms with E-state index in [2.05, 4.69) is 26.0 Å². The van der Waals surface area contributed by atoms with Gasteiger partial charge in [-0.05, 0) is 42.5 Å². The Morgan fingerprint density at radius 1 is 1.15 bits per heavy atom. The molecule has 0 aliphatic carbocycles. The predicted molar refractivity (Wildman–Crippen MR) is 109 cm³/mol. The van der Waals surface area contributed by atoms with Gasteiger partial charge in [-0.3, -0.25) is 4.79 Å².